The van der Waals surface area contributed by atoms with Crippen molar-refractivity contribution >= 4 is 35.0 Å². The van der Waals surface area contributed by atoms with E-state index < -0.39 is 5.97 Å². The van der Waals surface area contributed by atoms with E-state index in [0.717, 1.165) is 32.3 Å². The van der Waals surface area contributed by atoms with E-state index in [1.807, 2.05) is 42.5 Å². The molecule has 33 heavy (non-hydrogen) atoms. The Morgan fingerprint density at radius 1 is 0.909 bits per heavy atom. The van der Waals surface area contributed by atoms with Crippen molar-refractivity contribution < 1.29 is 14.3 Å². The first-order valence-corrected chi connectivity index (χ1v) is 11.2. The summed E-state index contributed by atoms with van der Waals surface area (Å²) in [4.78, 5) is 29.7. The summed E-state index contributed by atoms with van der Waals surface area (Å²) in [6, 6.07) is 24.6. The van der Waals surface area contributed by atoms with Crippen molar-refractivity contribution in [2.45, 2.75) is 6.92 Å². The van der Waals surface area contributed by atoms with E-state index in [0.29, 0.717) is 11.3 Å². The zero-order valence-electron chi connectivity index (χ0n) is 18.2. The molecule has 4 aromatic rings. The summed E-state index contributed by atoms with van der Waals surface area (Å²) in [5.41, 5.74) is 5.03. The summed E-state index contributed by atoms with van der Waals surface area (Å²) in [6.07, 6.45) is 3.15. The molecule has 1 aromatic heterocycles. The number of aromatic nitrogens is 1. The zero-order chi connectivity index (χ0) is 23.2. The fraction of sp³-hybridized carbons (Fsp3) is 0.0741. The molecule has 5 nitrogen and oxygen atoms in total. The van der Waals surface area contributed by atoms with Crippen LogP contribution in [-0.4, -0.2) is 24.0 Å². The highest BCUT2D eigenvalue weighted by Gasteiger charge is 2.11. The number of ether oxygens (including phenoxy) is 1. The summed E-state index contributed by atoms with van der Waals surface area (Å²) >= 11 is 1.67. The number of aryl methyl sites for hydroxylation is 1. The fourth-order valence-corrected chi connectivity index (χ4v) is 4.22. The van der Waals surface area contributed by atoms with Crippen LogP contribution in [0.5, 0.6) is 0 Å². The minimum atomic E-state index is -0.393. The first-order chi connectivity index (χ1) is 16.0. The number of rotatable bonds is 6. The molecule has 6 heteroatoms. The zero-order valence-corrected chi connectivity index (χ0v) is 19.1. The number of methoxy groups -OCH3 is 1. The number of thiazole rings is 1. The van der Waals surface area contributed by atoms with Crippen LogP contribution < -0.4 is 5.32 Å². The Bertz CT molecular complexity index is 1290. The van der Waals surface area contributed by atoms with Gasteiger partial charge in [-0.25, -0.2) is 9.78 Å². The van der Waals surface area contributed by atoms with Gasteiger partial charge in [-0.05, 0) is 42.8 Å². The van der Waals surface area contributed by atoms with Gasteiger partial charge in [0.25, 0.3) is 0 Å². The Morgan fingerprint density at radius 2 is 1.61 bits per heavy atom. The predicted octanol–water partition coefficient (Wildman–Crippen LogP) is 6.22. The van der Waals surface area contributed by atoms with Gasteiger partial charge >= 0.3 is 5.97 Å². The summed E-state index contributed by atoms with van der Waals surface area (Å²) in [6.45, 7) is 2.07. The van der Waals surface area contributed by atoms with Crippen LogP contribution in [0.15, 0.2) is 84.9 Å². The van der Waals surface area contributed by atoms with Crippen molar-refractivity contribution in [1.29, 1.82) is 0 Å². The minimum Gasteiger partial charge on any atom is -0.465 e. The second-order valence-corrected chi connectivity index (χ2v) is 8.51. The van der Waals surface area contributed by atoms with Gasteiger partial charge in [-0.1, -0.05) is 54.6 Å². The molecule has 0 unspecified atom stereocenters. The van der Waals surface area contributed by atoms with Crippen molar-refractivity contribution in [3.63, 3.8) is 0 Å². The molecule has 0 atom stereocenters. The number of esters is 1. The molecule has 1 heterocycles. The lowest BCUT2D eigenvalue weighted by Gasteiger charge is -2.04. The maximum atomic E-state index is 12.3. The van der Waals surface area contributed by atoms with Crippen LogP contribution in [0.3, 0.4) is 0 Å². The number of benzene rings is 3. The van der Waals surface area contributed by atoms with Crippen molar-refractivity contribution in [3.8, 4) is 21.8 Å². The first-order valence-electron chi connectivity index (χ1n) is 10.3. The van der Waals surface area contributed by atoms with Crippen LogP contribution in [0.2, 0.25) is 0 Å². The number of nitrogens with one attached hydrogen (secondary N) is 1. The molecule has 164 valence electrons. The minimum absolute atomic E-state index is 0.240. The number of carbonyl (C=O) groups is 2. The SMILES string of the molecule is COC(=O)c1ccc(/C=C/C(=O)Nc2ccc(-c3nc(-c4ccccc4)sc3C)cc2)cc1. The fourth-order valence-electron chi connectivity index (χ4n) is 3.28. The second-order valence-electron chi connectivity index (χ2n) is 7.30. The molecule has 0 saturated carbocycles. The molecule has 0 bridgehead atoms. The number of carbonyl (C=O) groups excluding carboxylic acids is 2. The van der Waals surface area contributed by atoms with E-state index in [4.69, 9.17) is 4.98 Å². The van der Waals surface area contributed by atoms with Gasteiger partial charge in [-0.3, -0.25) is 4.79 Å². The molecular formula is C27H22N2O3S. The van der Waals surface area contributed by atoms with Crippen molar-refractivity contribution in [3.05, 3.63) is 101 Å². The lowest BCUT2D eigenvalue weighted by molar-refractivity contribution is -0.111. The largest absolute Gasteiger partial charge is 0.465 e. The Morgan fingerprint density at radius 3 is 2.27 bits per heavy atom. The quantitative estimate of drug-likeness (QED) is 0.277. The van der Waals surface area contributed by atoms with Crippen molar-refractivity contribution in [2.75, 3.05) is 12.4 Å². The Hall–Kier alpha value is -4.03. The number of nitrogens with zero attached hydrogens (tertiary/aromatic N) is 1. The molecule has 0 aliphatic carbocycles. The van der Waals surface area contributed by atoms with Gasteiger partial charge in [0.1, 0.15) is 5.01 Å². The summed E-state index contributed by atoms with van der Waals surface area (Å²) < 4.78 is 4.68. The Balaban J connectivity index is 1.41. The highest BCUT2D eigenvalue weighted by molar-refractivity contribution is 7.15. The Labute approximate surface area is 196 Å². The van der Waals surface area contributed by atoms with Crippen LogP contribution in [0.25, 0.3) is 27.9 Å². The van der Waals surface area contributed by atoms with Gasteiger partial charge in [0, 0.05) is 27.8 Å². The van der Waals surface area contributed by atoms with Gasteiger partial charge in [-0.2, -0.15) is 0 Å². The molecule has 1 N–H and O–H groups in total. The molecule has 1 amide bonds. The van der Waals surface area contributed by atoms with E-state index in [9.17, 15) is 9.59 Å². The van der Waals surface area contributed by atoms with E-state index in [1.165, 1.54) is 13.2 Å². The first kappa shape index (κ1) is 22.2. The number of hydrogen-bond acceptors (Lipinski definition) is 5. The molecule has 0 radical (unpaired) electrons. The molecule has 0 aliphatic heterocycles. The monoisotopic (exact) mass is 454 g/mol. The third kappa shape index (κ3) is 5.42. The van der Waals surface area contributed by atoms with Gasteiger partial charge in [0.05, 0.1) is 18.4 Å². The standard InChI is InChI=1S/C27H22N2O3S/c1-18-25(29-26(33-18)21-6-4-3-5-7-21)20-13-15-23(16-14-20)28-24(30)17-10-19-8-11-22(12-9-19)27(31)32-2/h3-17H,1-2H3,(H,28,30)/b17-10+. The maximum absolute atomic E-state index is 12.3. The summed E-state index contributed by atoms with van der Waals surface area (Å²) in [5, 5.41) is 3.85. The normalized spacial score (nSPS) is 10.8. The highest BCUT2D eigenvalue weighted by Crippen LogP contribution is 2.33. The number of amides is 1. The van der Waals surface area contributed by atoms with Gasteiger partial charge in [0.2, 0.25) is 5.91 Å². The average Bonchev–Trinajstić information content (AvgIpc) is 3.25. The third-order valence-corrected chi connectivity index (χ3v) is 6.02. The average molecular weight is 455 g/mol. The van der Waals surface area contributed by atoms with E-state index in [1.54, 1.807) is 41.7 Å². The van der Waals surface area contributed by atoms with E-state index in [-0.39, 0.29) is 5.91 Å². The number of anilines is 1. The highest BCUT2D eigenvalue weighted by atomic mass is 32.1. The van der Waals surface area contributed by atoms with Crippen LogP contribution in [0.1, 0.15) is 20.8 Å². The predicted molar refractivity (Wildman–Crippen MR) is 133 cm³/mol. The van der Waals surface area contributed by atoms with Crippen LogP contribution in [0, 0.1) is 6.92 Å². The van der Waals surface area contributed by atoms with Crippen molar-refractivity contribution in [2.24, 2.45) is 0 Å². The smallest absolute Gasteiger partial charge is 0.337 e. The molecular weight excluding hydrogens is 432 g/mol. The molecule has 0 saturated heterocycles. The molecule has 3 aromatic carbocycles. The molecule has 0 spiro atoms. The van der Waals surface area contributed by atoms with E-state index >= 15 is 0 Å². The molecule has 0 aliphatic rings. The number of hydrogen-bond donors (Lipinski definition) is 1. The van der Waals surface area contributed by atoms with Gasteiger partial charge < -0.3 is 10.1 Å². The van der Waals surface area contributed by atoms with Gasteiger partial charge in [0.15, 0.2) is 0 Å². The molecule has 4 rings (SSSR count). The summed E-state index contributed by atoms with van der Waals surface area (Å²) in [5.74, 6) is -0.633. The lowest BCUT2D eigenvalue weighted by atomic mass is 10.1. The Kier molecular flexibility index (Phi) is 6.76. The van der Waals surface area contributed by atoms with E-state index in [2.05, 4.69) is 29.1 Å². The van der Waals surface area contributed by atoms with Crippen molar-refractivity contribution in [1.82, 2.24) is 4.98 Å². The van der Waals surface area contributed by atoms with Gasteiger partial charge in [-0.15, -0.1) is 11.3 Å². The molecule has 0 fully saturated rings. The van der Waals surface area contributed by atoms with Crippen LogP contribution >= 0.6 is 11.3 Å². The van der Waals surface area contributed by atoms with Crippen LogP contribution in [-0.2, 0) is 9.53 Å². The maximum Gasteiger partial charge on any atom is 0.337 e. The third-order valence-electron chi connectivity index (χ3n) is 5.00. The summed E-state index contributed by atoms with van der Waals surface area (Å²) in [7, 11) is 1.34. The lowest BCUT2D eigenvalue weighted by Crippen LogP contribution is -2.07. The second kappa shape index (κ2) is 10.1. The van der Waals surface area contributed by atoms with Crippen LogP contribution in [0.4, 0.5) is 5.69 Å². The topological polar surface area (TPSA) is 68.3 Å².